The van der Waals surface area contributed by atoms with Crippen LogP contribution >= 0.6 is 0 Å². The highest BCUT2D eigenvalue weighted by Gasteiger charge is 2.10. The Morgan fingerprint density at radius 3 is 3.00 bits per heavy atom. The van der Waals surface area contributed by atoms with E-state index in [1.165, 1.54) is 25.3 Å². The minimum Gasteiger partial charge on any atom is -0.317 e. The second kappa shape index (κ2) is 6.72. The second-order valence-electron chi connectivity index (χ2n) is 4.67. The van der Waals surface area contributed by atoms with Crippen LogP contribution in [0.2, 0.25) is 0 Å². The van der Waals surface area contributed by atoms with Crippen molar-refractivity contribution in [1.29, 1.82) is 0 Å². The second-order valence-corrected chi connectivity index (χ2v) is 4.67. The Kier molecular flexibility index (Phi) is 4.95. The van der Waals surface area contributed by atoms with Crippen LogP contribution in [0.5, 0.6) is 0 Å². The SMILES string of the molecule is Fc1ccccc1CCNC1CCCNCC1. The van der Waals surface area contributed by atoms with Gasteiger partial charge in [-0.3, -0.25) is 0 Å². The molecule has 1 saturated heterocycles. The Labute approximate surface area is 103 Å². The third-order valence-corrected chi connectivity index (χ3v) is 3.36. The molecule has 1 heterocycles. The molecule has 94 valence electrons. The van der Waals surface area contributed by atoms with E-state index in [2.05, 4.69) is 10.6 Å². The van der Waals surface area contributed by atoms with Gasteiger partial charge >= 0.3 is 0 Å². The molecule has 2 nitrogen and oxygen atoms in total. The van der Waals surface area contributed by atoms with Gasteiger partial charge in [0.25, 0.3) is 0 Å². The number of nitrogens with one attached hydrogen (secondary N) is 2. The van der Waals surface area contributed by atoms with Crippen molar-refractivity contribution >= 4 is 0 Å². The summed E-state index contributed by atoms with van der Waals surface area (Å²) in [7, 11) is 0. The van der Waals surface area contributed by atoms with Gasteiger partial charge in [-0.15, -0.1) is 0 Å². The lowest BCUT2D eigenvalue weighted by Crippen LogP contribution is -2.31. The first-order valence-electron chi connectivity index (χ1n) is 6.54. The summed E-state index contributed by atoms with van der Waals surface area (Å²) in [5, 5.41) is 6.93. The van der Waals surface area contributed by atoms with Crippen LogP contribution in [-0.2, 0) is 6.42 Å². The van der Waals surface area contributed by atoms with Crippen LogP contribution in [-0.4, -0.2) is 25.7 Å². The topological polar surface area (TPSA) is 24.1 Å². The molecule has 0 aromatic heterocycles. The summed E-state index contributed by atoms with van der Waals surface area (Å²) < 4.78 is 13.4. The summed E-state index contributed by atoms with van der Waals surface area (Å²) in [4.78, 5) is 0. The Hall–Kier alpha value is -0.930. The van der Waals surface area contributed by atoms with Crippen LogP contribution in [0.25, 0.3) is 0 Å². The van der Waals surface area contributed by atoms with Crippen LogP contribution in [0.1, 0.15) is 24.8 Å². The van der Waals surface area contributed by atoms with Crippen molar-refractivity contribution in [2.45, 2.75) is 31.7 Å². The van der Waals surface area contributed by atoms with Crippen LogP contribution in [0.15, 0.2) is 24.3 Å². The van der Waals surface area contributed by atoms with Crippen molar-refractivity contribution in [3.05, 3.63) is 35.6 Å². The summed E-state index contributed by atoms with van der Waals surface area (Å²) >= 11 is 0. The molecule has 2 N–H and O–H groups in total. The molecule has 0 saturated carbocycles. The Morgan fingerprint density at radius 2 is 2.12 bits per heavy atom. The molecule has 0 spiro atoms. The average molecular weight is 236 g/mol. The number of halogens is 1. The minimum absolute atomic E-state index is 0.0863. The van der Waals surface area contributed by atoms with E-state index in [1.807, 2.05) is 12.1 Å². The molecule has 1 aromatic rings. The molecular weight excluding hydrogens is 215 g/mol. The highest BCUT2D eigenvalue weighted by atomic mass is 19.1. The quantitative estimate of drug-likeness (QED) is 0.836. The summed E-state index contributed by atoms with van der Waals surface area (Å²) in [5.41, 5.74) is 0.812. The van der Waals surface area contributed by atoms with Crippen LogP contribution in [0.3, 0.4) is 0 Å². The average Bonchev–Trinajstić information content (AvgIpc) is 2.60. The number of rotatable bonds is 4. The first-order valence-corrected chi connectivity index (χ1v) is 6.54. The Balaban J connectivity index is 1.73. The van der Waals surface area contributed by atoms with Gasteiger partial charge in [-0.1, -0.05) is 18.2 Å². The first kappa shape index (κ1) is 12.5. The van der Waals surface area contributed by atoms with Gasteiger partial charge < -0.3 is 10.6 Å². The molecule has 0 radical (unpaired) electrons. The lowest BCUT2D eigenvalue weighted by molar-refractivity contribution is 0.469. The van der Waals surface area contributed by atoms with Crippen LogP contribution in [0.4, 0.5) is 4.39 Å². The third kappa shape index (κ3) is 4.10. The van der Waals surface area contributed by atoms with E-state index >= 15 is 0 Å². The molecule has 1 unspecified atom stereocenters. The highest BCUT2D eigenvalue weighted by Crippen LogP contribution is 2.08. The van der Waals surface area contributed by atoms with E-state index in [0.717, 1.165) is 31.6 Å². The van der Waals surface area contributed by atoms with E-state index < -0.39 is 0 Å². The van der Waals surface area contributed by atoms with E-state index in [0.29, 0.717) is 6.04 Å². The largest absolute Gasteiger partial charge is 0.317 e. The van der Waals surface area contributed by atoms with E-state index in [-0.39, 0.29) is 5.82 Å². The fourth-order valence-electron chi connectivity index (χ4n) is 2.34. The zero-order chi connectivity index (χ0) is 11.9. The standard InChI is InChI=1S/C14H21FN2/c15-14-6-2-1-4-12(14)7-11-17-13-5-3-9-16-10-8-13/h1-2,4,6,13,16-17H,3,5,7-11H2. The number of hydrogen-bond acceptors (Lipinski definition) is 2. The van der Waals surface area contributed by atoms with Gasteiger partial charge in [0.15, 0.2) is 0 Å². The van der Waals surface area contributed by atoms with E-state index in [9.17, 15) is 4.39 Å². The maximum absolute atomic E-state index is 13.4. The van der Waals surface area contributed by atoms with Gasteiger partial charge in [-0.2, -0.15) is 0 Å². The van der Waals surface area contributed by atoms with Crippen molar-refractivity contribution in [1.82, 2.24) is 10.6 Å². The Bertz CT molecular complexity index is 333. The third-order valence-electron chi connectivity index (χ3n) is 3.36. The minimum atomic E-state index is -0.0863. The zero-order valence-electron chi connectivity index (χ0n) is 10.2. The molecule has 1 aliphatic rings. The van der Waals surface area contributed by atoms with Gasteiger partial charge in [0.05, 0.1) is 0 Å². The van der Waals surface area contributed by atoms with Crippen molar-refractivity contribution in [3.63, 3.8) is 0 Å². The fourth-order valence-corrected chi connectivity index (χ4v) is 2.34. The van der Waals surface area contributed by atoms with Crippen molar-refractivity contribution < 1.29 is 4.39 Å². The van der Waals surface area contributed by atoms with Crippen molar-refractivity contribution in [2.75, 3.05) is 19.6 Å². The normalized spacial score (nSPS) is 21.1. The lowest BCUT2D eigenvalue weighted by Gasteiger charge is -2.15. The first-order chi connectivity index (χ1) is 8.36. The predicted molar refractivity (Wildman–Crippen MR) is 68.6 cm³/mol. The molecule has 1 aliphatic heterocycles. The van der Waals surface area contributed by atoms with Crippen molar-refractivity contribution in [3.8, 4) is 0 Å². The summed E-state index contributed by atoms with van der Waals surface area (Å²) in [6.45, 7) is 3.09. The number of hydrogen-bond donors (Lipinski definition) is 2. The molecule has 2 rings (SSSR count). The molecule has 3 heteroatoms. The maximum Gasteiger partial charge on any atom is 0.126 e. The molecule has 0 bridgehead atoms. The summed E-state index contributed by atoms with van der Waals surface area (Å²) in [5.74, 6) is -0.0863. The highest BCUT2D eigenvalue weighted by molar-refractivity contribution is 5.17. The van der Waals surface area contributed by atoms with Gasteiger partial charge in [0.1, 0.15) is 5.82 Å². The maximum atomic E-state index is 13.4. The van der Waals surface area contributed by atoms with Crippen LogP contribution in [0, 0.1) is 5.82 Å². The molecule has 1 aromatic carbocycles. The predicted octanol–water partition coefficient (Wildman–Crippen LogP) is 2.10. The molecule has 17 heavy (non-hydrogen) atoms. The zero-order valence-corrected chi connectivity index (χ0v) is 10.2. The van der Waals surface area contributed by atoms with Gasteiger partial charge in [0.2, 0.25) is 0 Å². The monoisotopic (exact) mass is 236 g/mol. The van der Waals surface area contributed by atoms with E-state index in [1.54, 1.807) is 6.07 Å². The molecule has 0 amide bonds. The molecule has 1 fully saturated rings. The number of benzene rings is 1. The molecule has 1 atom stereocenters. The molecular formula is C14H21FN2. The summed E-state index contributed by atoms with van der Waals surface area (Å²) in [6.07, 6.45) is 4.41. The fraction of sp³-hybridized carbons (Fsp3) is 0.571. The van der Waals surface area contributed by atoms with Gasteiger partial charge in [-0.05, 0) is 56.9 Å². The van der Waals surface area contributed by atoms with E-state index in [4.69, 9.17) is 0 Å². The van der Waals surface area contributed by atoms with Gasteiger partial charge in [0, 0.05) is 6.04 Å². The Morgan fingerprint density at radius 1 is 1.24 bits per heavy atom. The molecule has 0 aliphatic carbocycles. The summed E-state index contributed by atoms with van der Waals surface area (Å²) in [6, 6.07) is 7.63. The lowest BCUT2D eigenvalue weighted by atomic mass is 10.1. The van der Waals surface area contributed by atoms with Gasteiger partial charge in [-0.25, -0.2) is 4.39 Å². The van der Waals surface area contributed by atoms with Crippen molar-refractivity contribution in [2.24, 2.45) is 0 Å². The van der Waals surface area contributed by atoms with Crippen LogP contribution < -0.4 is 10.6 Å². The smallest absolute Gasteiger partial charge is 0.126 e.